The number of rotatable bonds is 12. The molecule has 4 amide bonds. The maximum atomic E-state index is 13.6. The predicted octanol–water partition coefficient (Wildman–Crippen LogP) is 1.42. The molecule has 8 atom stereocenters. The normalized spacial score (nSPS) is 24.6. The van der Waals surface area contributed by atoms with Crippen LogP contribution in [-0.2, 0) is 20.9 Å². The molecule has 5 N–H and O–H groups in total. The monoisotopic (exact) mass is 868 g/mol. The topological polar surface area (TPSA) is 268 Å². The Bertz CT molecular complexity index is 2250. The van der Waals surface area contributed by atoms with E-state index in [1.807, 2.05) is 18.0 Å². The number of aliphatic carboxylic acids is 1. The summed E-state index contributed by atoms with van der Waals surface area (Å²) in [4.78, 5) is 70.8. The van der Waals surface area contributed by atoms with Crippen molar-refractivity contribution in [3.05, 3.63) is 47.9 Å². The number of carboxylic acid groups (broad SMARTS) is 1. The number of aliphatic hydroxyl groups is 3. The van der Waals surface area contributed by atoms with E-state index in [9.17, 15) is 39.6 Å². The van der Waals surface area contributed by atoms with Gasteiger partial charge in [-0.3, -0.25) is 9.88 Å². The average molecular weight is 869 g/mol. The van der Waals surface area contributed by atoms with Crippen molar-refractivity contribution >= 4 is 57.6 Å². The first kappa shape index (κ1) is 43.2. The van der Waals surface area contributed by atoms with Crippen LogP contribution in [0.4, 0.5) is 25.3 Å². The first-order valence-corrected chi connectivity index (χ1v) is 20.2. The third-order valence-corrected chi connectivity index (χ3v) is 12.0. The van der Waals surface area contributed by atoms with Crippen LogP contribution in [0.25, 0.3) is 11.0 Å². The fourth-order valence-electron chi connectivity index (χ4n) is 7.94. The number of anilines is 2. The number of aryl methyl sites for hydroxylation is 1. The van der Waals surface area contributed by atoms with Gasteiger partial charge in [-0.05, 0) is 60.9 Å². The van der Waals surface area contributed by atoms with Crippen LogP contribution in [0.2, 0.25) is 0 Å². The average Bonchev–Trinajstić information content (AvgIpc) is 4.06. The zero-order chi connectivity index (χ0) is 43.7. The number of carbonyl (C=O) groups is 4. The van der Waals surface area contributed by atoms with Gasteiger partial charge >= 0.3 is 30.1 Å². The van der Waals surface area contributed by atoms with Gasteiger partial charge in [0.2, 0.25) is 11.4 Å². The van der Waals surface area contributed by atoms with Gasteiger partial charge in [0.15, 0.2) is 11.8 Å². The van der Waals surface area contributed by atoms with E-state index in [1.165, 1.54) is 33.9 Å². The van der Waals surface area contributed by atoms with Crippen molar-refractivity contribution in [1.82, 2.24) is 38.6 Å². The third-order valence-electron chi connectivity index (χ3n) is 11.4. The van der Waals surface area contributed by atoms with Crippen LogP contribution in [0.3, 0.4) is 0 Å². The highest BCUT2D eigenvalue weighted by molar-refractivity contribution is 7.10. The molecule has 61 heavy (non-hydrogen) atoms. The molecule has 328 valence electrons. The zero-order valence-corrected chi connectivity index (χ0v) is 34.8. The fraction of sp³-hybridized carbons (Fsp3) is 0.526. The Hall–Kier alpha value is -5.88. The van der Waals surface area contributed by atoms with Crippen LogP contribution >= 0.6 is 11.5 Å². The number of likely N-dealkylation sites (N-methyl/N-ethyl adjacent to an activating group) is 2. The van der Waals surface area contributed by atoms with Gasteiger partial charge in [-0.15, -0.1) is 4.37 Å². The van der Waals surface area contributed by atoms with E-state index in [1.54, 1.807) is 39.3 Å². The van der Waals surface area contributed by atoms with Crippen LogP contribution in [0.1, 0.15) is 24.0 Å². The number of fused-ring (bicyclic) bond motifs is 2. The van der Waals surface area contributed by atoms with Crippen molar-refractivity contribution in [1.29, 1.82) is 0 Å². The van der Waals surface area contributed by atoms with Crippen molar-refractivity contribution in [2.45, 2.75) is 63.1 Å². The molecule has 1 aromatic carbocycles. The summed E-state index contributed by atoms with van der Waals surface area (Å²) in [5, 5.41) is 43.5. The second-order valence-corrected chi connectivity index (χ2v) is 16.2. The molecular weight excluding hydrogens is 821 g/mol. The zero-order valence-electron chi connectivity index (χ0n) is 34.0. The maximum Gasteiger partial charge on any atom is 0.409 e. The Kier molecular flexibility index (Phi) is 12.7. The number of hydrogen-bond donors (Lipinski definition) is 5. The first-order valence-electron chi connectivity index (χ1n) is 19.4. The Balaban J connectivity index is 0.878. The highest BCUT2D eigenvalue weighted by atomic mass is 32.1. The highest BCUT2D eigenvalue weighted by Gasteiger charge is 2.48. The summed E-state index contributed by atoms with van der Waals surface area (Å²) >= 11 is 1.07. The summed E-state index contributed by atoms with van der Waals surface area (Å²) in [6.45, 7) is 3.19. The second-order valence-electron chi connectivity index (χ2n) is 15.4. The van der Waals surface area contributed by atoms with E-state index in [0.717, 1.165) is 29.8 Å². The van der Waals surface area contributed by atoms with Gasteiger partial charge in [0.25, 0.3) is 0 Å². The largest absolute Gasteiger partial charge is 0.479 e. The maximum absolute atomic E-state index is 13.6. The van der Waals surface area contributed by atoms with Crippen LogP contribution in [0.15, 0.2) is 36.8 Å². The van der Waals surface area contributed by atoms with E-state index in [0.29, 0.717) is 52.6 Å². The van der Waals surface area contributed by atoms with Crippen molar-refractivity contribution in [3.8, 4) is 11.8 Å². The number of hydrogen-bond acceptors (Lipinski definition) is 17. The van der Waals surface area contributed by atoms with Crippen LogP contribution in [0, 0.1) is 18.8 Å². The number of nitrogens with one attached hydrogen (secondary N) is 1. The molecule has 3 fully saturated rings. The second kappa shape index (κ2) is 18.0. The number of aliphatic hydroxyl groups excluding tert-OH is 3. The number of ether oxygens (including phenoxy) is 4. The molecule has 0 radical (unpaired) electrons. The molecule has 2 saturated heterocycles. The van der Waals surface area contributed by atoms with Crippen molar-refractivity contribution < 1.29 is 58.6 Å². The van der Waals surface area contributed by atoms with Crippen molar-refractivity contribution in [3.63, 3.8) is 0 Å². The molecule has 1 aliphatic carbocycles. The number of amides is 4. The summed E-state index contributed by atoms with van der Waals surface area (Å²) in [6, 6.07) is 6.43. The summed E-state index contributed by atoms with van der Waals surface area (Å²) in [7, 11) is 6.64. The van der Waals surface area contributed by atoms with E-state index in [2.05, 4.69) is 29.5 Å². The molecule has 1 saturated carbocycles. The molecule has 23 heteroatoms. The van der Waals surface area contributed by atoms with Gasteiger partial charge in [-0.25, -0.2) is 29.1 Å². The lowest BCUT2D eigenvalue weighted by Crippen LogP contribution is -2.61. The minimum absolute atomic E-state index is 0.0977. The molecule has 7 rings (SSSR count). The predicted molar refractivity (Wildman–Crippen MR) is 215 cm³/mol. The Morgan fingerprint density at radius 3 is 2.38 bits per heavy atom. The van der Waals surface area contributed by atoms with Gasteiger partial charge in [-0.2, -0.15) is 4.98 Å². The molecule has 22 nitrogen and oxygen atoms in total. The number of urea groups is 1. The number of likely N-dealkylation sites (tertiary alicyclic amines) is 1. The smallest absolute Gasteiger partial charge is 0.409 e. The van der Waals surface area contributed by atoms with Crippen LogP contribution in [-0.4, -0.2) is 174 Å². The number of methoxy groups -OCH3 is 1. The Morgan fingerprint density at radius 1 is 0.984 bits per heavy atom. The Morgan fingerprint density at radius 2 is 1.70 bits per heavy atom. The lowest BCUT2D eigenvalue weighted by Gasteiger charge is -2.38. The van der Waals surface area contributed by atoms with Gasteiger partial charge in [-0.1, -0.05) is 6.07 Å². The van der Waals surface area contributed by atoms with Crippen LogP contribution < -0.4 is 19.7 Å². The molecule has 3 aliphatic rings. The Labute approximate surface area is 353 Å². The number of benzene rings is 1. The minimum Gasteiger partial charge on any atom is -0.479 e. The SMILES string of the molecule is COc1nsc(NC(=O)N2C[C@H]3C[C@H](N(C)c4ncnc5c4ccn5C(=O)N(C)CCN(C)C(=O)OCc4ccc(O[C@@H]5O[C@H](C(=O)O)[C@@H](O)[C@H](O)[C@H]5O)c(C)c4)C[C@H]3C2)n1. The number of nitrogens with zero attached hydrogens (tertiary/aromatic N) is 9. The molecule has 0 spiro atoms. The summed E-state index contributed by atoms with van der Waals surface area (Å²) in [5.74, 6) is 0.0507. The lowest BCUT2D eigenvalue weighted by molar-refractivity contribution is -0.271. The summed E-state index contributed by atoms with van der Waals surface area (Å²) in [6.07, 6.45) is -4.51. The van der Waals surface area contributed by atoms with E-state index < -0.39 is 42.8 Å². The minimum atomic E-state index is -1.84. The number of aromatic nitrogens is 5. The molecule has 0 unspecified atom stereocenters. The van der Waals surface area contributed by atoms with Crippen LogP contribution in [0.5, 0.6) is 11.8 Å². The third kappa shape index (κ3) is 9.10. The lowest BCUT2D eigenvalue weighted by atomic mass is 9.99. The van der Waals surface area contributed by atoms with Gasteiger partial charge < -0.3 is 59.0 Å². The van der Waals surface area contributed by atoms with Crippen molar-refractivity contribution in [2.24, 2.45) is 11.8 Å². The van der Waals surface area contributed by atoms with E-state index in [-0.39, 0.29) is 49.6 Å². The molecule has 0 bridgehead atoms. The fourth-order valence-corrected chi connectivity index (χ4v) is 8.48. The summed E-state index contributed by atoms with van der Waals surface area (Å²) in [5.41, 5.74) is 1.59. The molecule has 4 aromatic rings. The van der Waals surface area contributed by atoms with E-state index >= 15 is 0 Å². The number of carboxylic acids is 1. The highest BCUT2D eigenvalue weighted by Crippen LogP contribution is 2.42. The first-order chi connectivity index (χ1) is 29.1. The standard InChI is InChI=1S/C38H48N10O12S/c1-19-12-20(6-7-25(19)59-33-28(51)26(49)27(50)29(60-33)32(52)53)17-58-38(56)45(3)11-10-44(2)37(55)48-9-8-24-30(39-18-40-31(24)48)46(4)23-13-21-15-47(16-22(21)14-23)36(54)42-35-41-34(57-5)43-61-35/h6-9,12,18,21-23,26-29,33,49-51H,10-11,13-17H2,1-5H3,(H,52,53)(H,41,42,43,54)/t21-,22+,23+,26-,27-,28+,29-,33+/m0/s1. The van der Waals surface area contributed by atoms with E-state index in [4.69, 9.17) is 18.9 Å². The molecular formula is C38H48N10O12S. The van der Waals surface area contributed by atoms with Gasteiger partial charge in [0.1, 0.15) is 42.8 Å². The summed E-state index contributed by atoms with van der Waals surface area (Å²) < 4.78 is 26.8. The molecule has 5 heterocycles. The number of carbonyl (C=O) groups excluding carboxylic acids is 3. The molecule has 2 aliphatic heterocycles. The van der Waals surface area contributed by atoms with Gasteiger partial charge in [0, 0.05) is 71.1 Å². The quantitative estimate of drug-likeness (QED) is 0.135. The molecule has 3 aromatic heterocycles. The van der Waals surface area contributed by atoms with Crippen molar-refractivity contribution in [2.75, 3.05) is 64.6 Å². The van der Waals surface area contributed by atoms with Gasteiger partial charge in [0.05, 0.1) is 12.5 Å².